The summed E-state index contributed by atoms with van der Waals surface area (Å²) in [6, 6.07) is 11.1. The lowest BCUT2D eigenvalue weighted by Crippen LogP contribution is -2.16. The highest BCUT2D eigenvalue weighted by Gasteiger charge is 2.16. The molecule has 0 radical (unpaired) electrons. The number of amides is 1. The van der Waals surface area contributed by atoms with Crippen LogP contribution in [0.2, 0.25) is 0 Å². The second-order valence-corrected chi connectivity index (χ2v) is 7.86. The molecule has 2 aromatic carbocycles. The van der Waals surface area contributed by atoms with E-state index in [4.69, 9.17) is 15.3 Å². The first-order valence-corrected chi connectivity index (χ1v) is 10.3. The van der Waals surface area contributed by atoms with Gasteiger partial charge in [0.2, 0.25) is 11.1 Å². The Labute approximate surface area is 180 Å². The maximum Gasteiger partial charge on any atom is 0.234 e. The molecule has 0 aliphatic heterocycles. The maximum atomic E-state index is 12.3. The molecule has 0 fully saturated rings. The molecule has 0 atom stereocenters. The van der Waals surface area contributed by atoms with Gasteiger partial charge in [-0.25, -0.2) is 4.68 Å². The third-order valence-corrected chi connectivity index (χ3v) is 5.64. The number of carbonyl (C=O) groups is 1. The minimum Gasteiger partial charge on any atom is -0.493 e. The van der Waals surface area contributed by atoms with Crippen LogP contribution in [0.15, 0.2) is 46.0 Å². The number of nitrogens with one attached hydrogen (secondary N) is 1. The summed E-state index contributed by atoms with van der Waals surface area (Å²) in [6.45, 7) is 1.98. The fourth-order valence-corrected chi connectivity index (χ4v) is 3.83. The Morgan fingerprint density at radius 2 is 1.93 bits per heavy atom. The maximum absolute atomic E-state index is 12.3. The molecular formula is C19H20BrN5O3S. The van der Waals surface area contributed by atoms with E-state index in [1.54, 1.807) is 26.4 Å². The molecule has 3 rings (SSSR count). The Bertz CT molecular complexity index is 1040. The summed E-state index contributed by atoms with van der Waals surface area (Å²) in [6.07, 6.45) is 0. The number of rotatable bonds is 7. The minimum atomic E-state index is -0.171. The van der Waals surface area contributed by atoms with Crippen LogP contribution in [-0.4, -0.2) is 40.8 Å². The van der Waals surface area contributed by atoms with Crippen molar-refractivity contribution in [2.45, 2.75) is 12.1 Å². The number of carbonyl (C=O) groups excluding carboxylic acids is 1. The minimum absolute atomic E-state index is 0.140. The number of thioether (sulfide) groups is 1. The van der Waals surface area contributed by atoms with Crippen LogP contribution >= 0.6 is 27.7 Å². The van der Waals surface area contributed by atoms with Crippen LogP contribution in [0.5, 0.6) is 11.5 Å². The quantitative estimate of drug-likeness (QED) is 0.396. The van der Waals surface area contributed by atoms with Gasteiger partial charge in [-0.2, -0.15) is 0 Å². The number of ether oxygens (including phenoxy) is 2. The number of anilines is 1. The van der Waals surface area contributed by atoms with Crippen molar-refractivity contribution in [1.82, 2.24) is 14.9 Å². The zero-order valence-corrected chi connectivity index (χ0v) is 18.5. The fourth-order valence-electron chi connectivity index (χ4n) is 2.59. The highest BCUT2D eigenvalue weighted by Crippen LogP contribution is 2.32. The van der Waals surface area contributed by atoms with Gasteiger partial charge >= 0.3 is 0 Å². The molecule has 29 heavy (non-hydrogen) atoms. The standard InChI is InChI=1S/C19H20BrN5O3S/c1-11-4-6-14(13(20)8-11)22-17(26)10-29-19-24-23-18(25(19)21)12-5-7-15(27-2)16(9-12)28-3/h4-9H,10,21H2,1-3H3,(H,22,26). The van der Waals surface area contributed by atoms with E-state index in [0.717, 1.165) is 15.6 Å². The second-order valence-electron chi connectivity index (χ2n) is 6.07. The van der Waals surface area contributed by atoms with E-state index < -0.39 is 0 Å². The summed E-state index contributed by atoms with van der Waals surface area (Å²) in [5.74, 6) is 7.72. The number of aromatic nitrogens is 3. The van der Waals surface area contributed by atoms with Gasteiger partial charge < -0.3 is 20.6 Å². The average Bonchev–Trinajstić information content (AvgIpc) is 3.08. The molecule has 0 aliphatic carbocycles. The normalized spacial score (nSPS) is 10.6. The Hall–Kier alpha value is -2.72. The fraction of sp³-hybridized carbons (Fsp3) is 0.211. The SMILES string of the molecule is COc1ccc(-c2nnc(SCC(=O)Nc3ccc(C)cc3Br)n2N)cc1OC. The average molecular weight is 478 g/mol. The summed E-state index contributed by atoms with van der Waals surface area (Å²) in [5, 5.41) is 11.5. The second kappa shape index (κ2) is 9.19. The zero-order valence-electron chi connectivity index (χ0n) is 16.1. The number of hydrogen-bond donors (Lipinski definition) is 2. The van der Waals surface area contributed by atoms with Gasteiger partial charge in [0.25, 0.3) is 0 Å². The number of nitrogens with two attached hydrogens (primary N) is 1. The van der Waals surface area contributed by atoms with Crippen molar-refractivity contribution in [2.24, 2.45) is 0 Å². The van der Waals surface area contributed by atoms with Crippen LogP contribution in [-0.2, 0) is 4.79 Å². The number of nitrogens with zero attached hydrogens (tertiary/aromatic N) is 3. The molecule has 152 valence electrons. The van der Waals surface area contributed by atoms with Crippen molar-refractivity contribution >= 4 is 39.3 Å². The summed E-state index contributed by atoms with van der Waals surface area (Å²) >= 11 is 4.64. The van der Waals surface area contributed by atoms with Crippen molar-refractivity contribution in [3.63, 3.8) is 0 Å². The molecule has 1 aromatic heterocycles. The number of benzene rings is 2. The van der Waals surface area contributed by atoms with Crippen LogP contribution in [0.4, 0.5) is 5.69 Å². The molecule has 0 bridgehead atoms. The van der Waals surface area contributed by atoms with E-state index in [1.165, 1.54) is 16.4 Å². The van der Waals surface area contributed by atoms with Gasteiger partial charge in [-0.1, -0.05) is 17.8 Å². The molecule has 0 saturated carbocycles. The molecule has 3 N–H and O–H groups in total. The first-order valence-electron chi connectivity index (χ1n) is 8.54. The summed E-state index contributed by atoms with van der Waals surface area (Å²) in [7, 11) is 3.12. The lowest BCUT2D eigenvalue weighted by Gasteiger charge is -2.09. The van der Waals surface area contributed by atoms with Gasteiger partial charge in [0.05, 0.1) is 25.7 Å². The van der Waals surface area contributed by atoms with Crippen molar-refractivity contribution in [3.05, 3.63) is 46.4 Å². The number of halogens is 1. The molecule has 0 unspecified atom stereocenters. The summed E-state index contributed by atoms with van der Waals surface area (Å²) < 4.78 is 12.7. The van der Waals surface area contributed by atoms with Crippen LogP contribution in [0, 0.1) is 6.92 Å². The van der Waals surface area contributed by atoms with Crippen molar-refractivity contribution < 1.29 is 14.3 Å². The van der Waals surface area contributed by atoms with Gasteiger partial charge in [0, 0.05) is 10.0 Å². The smallest absolute Gasteiger partial charge is 0.234 e. The van der Waals surface area contributed by atoms with Crippen molar-refractivity contribution in [1.29, 1.82) is 0 Å². The van der Waals surface area contributed by atoms with Crippen LogP contribution in [0.3, 0.4) is 0 Å². The molecule has 0 spiro atoms. The predicted molar refractivity (Wildman–Crippen MR) is 117 cm³/mol. The third kappa shape index (κ3) is 4.83. The molecule has 8 nitrogen and oxygen atoms in total. The van der Waals surface area contributed by atoms with Crippen molar-refractivity contribution in [2.75, 3.05) is 31.1 Å². The highest BCUT2D eigenvalue weighted by molar-refractivity contribution is 9.10. The molecule has 0 aliphatic rings. The largest absolute Gasteiger partial charge is 0.493 e. The van der Waals surface area contributed by atoms with E-state index in [1.807, 2.05) is 31.2 Å². The van der Waals surface area contributed by atoms with Gasteiger partial charge in [0.15, 0.2) is 17.3 Å². The first kappa shape index (κ1) is 21.0. The van der Waals surface area contributed by atoms with E-state index in [9.17, 15) is 4.79 Å². The monoisotopic (exact) mass is 477 g/mol. The van der Waals surface area contributed by atoms with E-state index in [-0.39, 0.29) is 11.7 Å². The highest BCUT2D eigenvalue weighted by atomic mass is 79.9. The first-order chi connectivity index (χ1) is 13.9. The Balaban J connectivity index is 1.69. The molecule has 0 saturated heterocycles. The van der Waals surface area contributed by atoms with E-state index >= 15 is 0 Å². The number of nitrogen functional groups attached to an aromatic ring is 1. The van der Waals surface area contributed by atoms with Gasteiger partial charge in [-0.05, 0) is 58.7 Å². The lowest BCUT2D eigenvalue weighted by molar-refractivity contribution is -0.113. The van der Waals surface area contributed by atoms with E-state index in [0.29, 0.717) is 28.2 Å². The predicted octanol–water partition coefficient (Wildman–Crippen LogP) is 3.48. The van der Waals surface area contributed by atoms with Crippen LogP contribution < -0.4 is 20.6 Å². The van der Waals surface area contributed by atoms with E-state index in [2.05, 4.69) is 31.4 Å². The van der Waals surface area contributed by atoms with Crippen LogP contribution in [0.25, 0.3) is 11.4 Å². The number of hydrogen-bond acceptors (Lipinski definition) is 7. The third-order valence-electron chi connectivity index (χ3n) is 4.04. The molecular weight excluding hydrogens is 458 g/mol. The molecule has 1 amide bonds. The summed E-state index contributed by atoms with van der Waals surface area (Å²) in [4.78, 5) is 12.3. The number of aryl methyl sites for hydroxylation is 1. The lowest BCUT2D eigenvalue weighted by atomic mass is 10.2. The Morgan fingerprint density at radius 3 is 2.62 bits per heavy atom. The number of methoxy groups -OCH3 is 2. The zero-order chi connectivity index (χ0) is 21.0. The Kier molecular flexibility index (Phi) is 6.65. The topological polar surface area (TPSA) is 104 Å². The van der Waals surface area contributed by atoms with Gasteiger partial charge in [0.1, 0.15) is 0 Å². The van der Waals surface area contributed by atoms with Gasteiger partial charge in [-0.15, -0.1) is 10.2 Å². The molecule has 1 heterocycles. The Morgan fingerprint density at radius 1 is 1.17 bits per heavy atom. The van der Waals surface area contributed by atoms with Crippen LogP contribution in [0.1, 0.15) is 5.56 Å². The molecule has 3 aromatic rings. The molecule has 10 heteroatoms. The van der Waals surface area contributed by atoms with Crippen molar-refractivity contribution in [3.8, 4) is 22.9 Å². The van der Waals surface area contributed by atoms with Gasteiger partial charge in [-0.3, -0.25) is 4.79 Å². The summed E-state index contributed by atoms with van der Waals surface area (Å²) in [5.41, 5.74) is 2.53.